The maximum absolute atomic E-state index is 11.0. The lowest BCUT2D eigenvalue weighted by molar-refractivity contribution is -0.142. The maximum atomic E-state index is 11.0. The molecule has 0 fully saturated rings. The molecule has 0 aliphatic heterocycles. The Labute approximate surface area is 118 Å². The number of carbonyl (C=O) groups is 2. The normalized spacial score (nSPS) is 14.3. The average Bonchev–Trinajstić information content (AvgIpc) is 2.15. The molecule has 0 radical (unpaired) electrons. The van der Waals surface area contributed by atoms with Crippen LogP contribution in [0.1, 0.15) is 13.3 Å². The Kier molecular flexibility index (Phi) is 7.24. The fraction of sp³-hybridized carbons (Fsp3) is 0.556. The van der Waals surface area contributed by atoms with E-state index in [1.807, 2.05) is 0 Å². The summed E-state index contributed by atoms with van der Waals surface area (Å²) < 4.78 is 2.51. The molecule has 1 N–H and O–H groups in total. The first kappa shape index (κ1) is 16.8. The molecule has 0 saturated carbocycles. The quantitative estimate of drug-likeness (QED) is 0.480. The van der Waals surface area contributed by atoms with Crippen molar-refractivity contribution in [1.82, 2.24) is 0 Å². The highest BCUT2D eigenvalue weighted by atomic mass is 35.6. The van der Waals surface area contributed by atoms with Gasteiger partial charge in [-0.25, -0.2) is 9.59 Å². The largest absolute Gasteiger partial charge is 0.478 e. The standard InChI is InChI=1S/C9H10Cl4O4/c1-5(7(14)15)4-6(10)2-3-17-8(16)9(11,12)13/h4,6H,2-3H2,1H3,(H,14,15). The Morgan fingerprint density at radius 3 is 2.35 bits per heavy atom. The highest BCUT2D eigenvalue weighted by Gasteiger charge is 2.32. The van der Waals surface area contributed by atoms with Crippen molar-refractivity contribution in [3.05, 3.63) is 11.6 Å². The van der Waals surface area contributed by atoms with E-state index in [0.29, 0.717) is 0 Å². The van der Waals surface area contributed by atoms with Gasteiger partial charge in [-0.15, -0.1) is 11.6 Å². The molecule has 0 aromatic heterocycles. The van der Waals surface area contributed by atoms with Gasteiger partial charge in [-0.05, 0) is 6.92 Å². The lowest BCUT2D eigenvalue weighted by Gasteiger charge is -2.11. The van der Waals surface area contributed by atoms with Crippen LogP contribution in [0, 0.1) is 0 Å². The lowest BCUT2D eigenvalue weighted by atomic mass is 10.2. The lowest BCUT2D eigenvalue weighted by Crippen LogP contribution is -2.23. The van der Waals surface area contributed by atoms with Gasteiger partial charge in [0.15, 0.2) is 0 Å². The summed E-state index contributed by atoms with van der Waals surface area (Å²) in [5, 5.41) is 8.01. The summed E-state index contributed by atoms with van der Waals surface area (Å²) in [6, 6.07) is 0. The number of hydrogen-bond donors (Lipinski definition) is 1. The molecule has 17 heavy (non-hydrogen) atoms. The fourth-order valence-corrected chi connectivity index (χ4v) is 1.21. The van der Waals surface area contributed by atoms with Crippen molar-refractivity contribution in [2.45, 2.75) is 22.5 Å². The van der Waals surface area contributed by atoms with Crippen LogP contribution < -0.4 is 0 Å². The zero-order valence-corrected chi connectivity index (χ0v) is 11.8. The van der Waals surface area contributed by atoms with E-state index in [1.54, 1.807) is 0 Å². The summed E-state index contributed by atoms with van der Waals surface area (Å²) in [6.45, 7) is 1.34. The minimum absolute atomic E-state index is 0.0652. The molecule has 8 heteroatoms. The van der Waals surface area contributed by atoms with Crippen LogP contribution in [-0.4, -0.2) is 32.8 Å². The third-order valence-electron chi connectivity index (χ3n) is 1.63. The summed E-state index contributed by atoms with van der Waals surface area (Å²) in [4.78, 5) is 21.5. The molecule has 1 atom stereocenters. The first-order valence-electron chi connectivity index (χ1n) is 4.44. The van der Waals surface area contributed by atoms with Gasteiger partial charge in [0.2, 0.25) is 0 Å². The van der Waals surface area contributed by atoms with Crippen LogP contribution in [0.5, 0.6) is 0 Å². The number of esters is 1. The van der Waals surface area contributed by atoms with Crippen LogP contribution in [-0.2, 0) is 14.3 Å². The van der Waals surface area contributed by atoms with Crippen molar-refractivity contribution in [3.63, 3.8) is 0 Å². The summed E-state index contributed by atoms with van der Waals surface area (Å²) in [7, 11) is 0. The van der Waals surface area contributed by atoms with Crippen LogP contribution in [0.3, 0.4) is 0 Å². The summed E-state index contributed by atoms with van der Waals surface area (Å²) >= 11 is 21.6. The molecular weight excluding hydrogens is 314 g/mol. The van der Waals surface area contributed by atoms with Gasteiger partial charge < -0.3 is 9.84 Å². The Balaban J connectivity index is 4.03. The second-order valence-corrected chi connectivity index (χ2v) is 5.93. The van der Waals surface area contributed by atoms with Crippen LogP contribution in [0.25, 0.3) is 0 Å². The van der Waals surface area contributed by atoms with Gasteiger partial charge in [0.05, 0.1) is 12.0 Å². The number of allylic oxidation sites excluding steroid dienone is 1. The fourth-order valence-electron chi connectivity index (χ4n) is 0.772. The first-order valence-corrected chi connectivity index (χ1v) is 6.01. The Bertz CT molecular complexity index is 321. The number of aliphatic carboxylic acids is 1. The van der Waals surface area contributed by atoms with E-state index in [0.717, 1.165) is 0 Å². The van der Waals surface area contributed by atoms with E-state index in [4.69, 9.17) is 51.5 Å². The van der Waals surface area contributed by atoms with E-state index in [9.17, 15) is 9.59 Å². The van der Waals surface area contributed by atoms with Crippen molar-refractivity contribution < 1.29 is 19.4 Å². The second kappa shape index (κ2) is 7.31. The van der Waals surface area contributed by atoms with E-state index in [2.05, 4.69) is 4.74 Å². The number of ether oxygens (including phenoxy) is 1. The van der Waals surface area contributed by atoms with Crippen LogP contribution in [0.2, 0.25) is 0 Å². The number of hydrogen-bond acceptors (Lipinski definition) is 3. The van der Waals surface area contributed by atoms with Crippen molar-refractivity contribution in [1.29, 1.82) is 0 Å². The van der Waals surface area contributed by atoms with Crippen molar-refractivity contribution in [2.24, 2.45) is 0 Å². The molecular formula is C9H10Cl4O4. The third-order valence-corrected chi connectivity index (χ3v) is 2.43. The van der Waals surface area contributed by atoms with Crippen LogP contribution in [0.15, 0.2) is 11.6 Å². The van der Waals surface area contributed by atoms with Crippen molar-refractivity contribution in [3.8, 4) is 0 Å². The van der Waals surface area contributed by atoms with Gasteiger partial charge in [-0.1, -0.05) is 40.9 Å². The van der Waals surface area contributed by atoms with Gasteiger partial charge in [0.1, 0.15) is 0 Å². The number of halogens is 4. The molecule has 1 unspecified atom stereocenters. The van der Waals surface area contributed by atoms with E-state index in [-0.39, 0.29) is 18.6 Å². The summed E-state index contributed by atoms with van der Waals surface area (Å²) in [5.41, 5.74) is 0.109. The number of rotatable bonds is 5. The SMILES string of the molecule is CC(=CC(Cl)CCOC(=O)C(Cl)(Cl)Cl)C(=O)O. The second-order valence-electron chi connectivity index (χ2n) is 3.09. The van der Waals surface area contributed by atoms with E-state index >= 15 is 0 Å². The molecule has 0 amide bonds. The Morgan fingerprint density at radius 1 is 1.41 bits per heavy atom. The Hall–Kier alpha value is -0.160. The number of alkyl halides is 4. The Morgan fingerprint density at radius 2 is 1.94 bits per heavy atom. The van der Waals surface area contributed by atoms with Gasteiger partial charge in [0, 0.05) is 12.0 Å². The monoisotopic (exact) mass is 322 g/mol. The van der Waals surface area contributed by atoms with E-state index in [1.165, 1.54) is 13.0 Å². The molecule has 0 bridgehead atoms. The zero-order chi connectivity index (χ0) is 13.6. The molecule has 0 aliphatic carbocycles. The predicted octanol–water partition coefficient (Wildman–Crippen LogP) is 2.93. The summed E-state index contributed by atoms with van der Waals surface area (Å²) in [5.74, 6) is -2.06. The molecule has 98 valence electrons. The smallest absolute Gasteiger partial charge is 0.358 e. The van der Waals surface area contributed by atoms with E-state index < -0.39 is 21.1 Å². The molecule has 0 heterocycles. The predicted molar refractivity (Wildman–Crippen MR) is 66.9 cm³/mol. The molecule has 0 rings (SSSR count). The maximum Gasteiger partial charge on any atom is 0.358 e. The molecule has 0 saturated heterocycles. The minimum Gasteiger partial charge on any atom is -0.478 e. The van der Waals surface area contributed by atoms with Crippen molar-refractivity contribution in [2.75, 3.05) is 6.61 Å². The molecule has 0 aromatic carbocycles. The van der Waals surface area contributed by atoms with Gasteiger partial charge in [-0.2, -0.15) is 0 Å². The highest BCUT2D eigenvalue weighted by Crippen LogP contribution is 2.27. The van der Waals surface area contributed by atoms with Gasteiger partial charge in [-0.3, -0.25) is 0 Å². The first-order chi connectivity index (χ1) is 7.64. The summed E-state index contributed by atoms with van der Waals surface area (Å²) in [6.07, 6.45) is 1.56. The third kappa shape index (κ3) is 7.71. The highest BCUT2D eigenvalue weighted by molar-refractivity contribution is 6.75. The van der Waals surface area contributed by atoms with Gasteiger partial charge in [0.25, 0.3) is 3.79 Å². The molecule has 0 aromatic rings. The topological polar surface area (TPSA) is 63.6 Å². The molecule has 4 nitrogen and oxygen atoms in total. The van der Waals surface area contributed by atoms with Crippen LogP contribution >= 0.6 is 46.4 Å². The number of carboxylic acids is 1. The average molecular weight is 324 g/mol. The van der Waals surface area contributed by atoms with Crippen molar-refractivity contribution >= 4 is 58.3 Å². The number of carbonyl (C=O) groups excluding carboxylic acids is 1. The van der Waals surface area contributed by atoms with Crippen LogP contribution in [0.4, 0.5) is 0 Å². The van der Waals surface area contributed by atoms with Gasteiger partial charge >= 0.3 is 11.9 Å². The molecule has 0 spiro atoms. The zero-order valence-electron chi connectivity index (χ0n) is 8.75. The minimum atomic E-state index is -2.12. The molecule has 0 aliphatic rings. The number of carboxylic acid groups (broad SMARTS) is 1.